The zero-order valence-electron chi connectivity index (χ0n) is 6.37. The zero-order valence-corrected chi connectivity index (χ0v) is 6.37. The van der Waals surface area contributed by atoms with Gasteiger partial charge in [-0.1, -0.05) is 0 Å². The summed E-state index contributed by atoms with van der Waals surface area (Å²) in [6, 6.07) is 0. The highest BCUT2D eigenvalue weighted by Crippen LogP contribution is 1.87. The van der Waals surface area contributed by atoms with Gasteiger partial charge in [-0.05, 0) is 6.92 Å². The van der Waals surface area contributed by atoms with Crippen molar-refractivity contribution < 1.29 is 4.79 Å². The largest absolute Gasteiger partial charge is 0.299 e. The smallest absolute Gasteiger partial charge is 0.263 e. The first-order valence-electron chi connectivity index (χ1n) is 3.14. The average Bonchev–Trinajstić information content (AvgIpc) is 2.01. The molecule has 0 aliphatic carbocycles. The lowest BCUT2D eigenvalue weighted by molar-refractivity contribution is 0.112. The standard InChI is InChI=1S/C7H8N2O2/c1-5-8-3-6(4-10)7(11)9(5)2/h3-4H,1-2H3. The molecule has 0 aliphatic rings. The molecule has 1 rings (SSSR count). The van der Waals surface area contributed by atoms with Crippen LogP contribution in [0.2, 0.25) is 0 Å². The first kappa shape index (κ1) is 7.65. The Morgan fingerprint density at radius 2 is 2.27 bits per heavy atom. The van der Waals surface area contributed by atoms with E-state index >= 15 is 0 Å². The summed E-state index contributed by atoms with van der Waals surface area (Å²) in [5.41, 5.74) is -0.203. The van der Waals surface area contributed by atoms with Crippen LogP contribution in [0.25, 0.3) is 0 Å². The van der Waals surface area contributed by atoms with Gasteiger partial charge in [-0.15, -0.1) is 0 Å². The first-order valence-corrected chi connectivity index (χ1v) is 3.14. The second-order valence-corrected chi connectivity index (χ2v) is 2.24. The molecule has 0 atom stereocenters. The maximum Gasteiger partial charge on any atom is 0.263 e. The number of aromatic nitrogens is 2. The van der Waals surface area contributed by atoms with E-state index in [-0.39, 0.29) is 11.1 Å². The van der Waals surface area contributed by atoms with Gasteiger partial charge in [0.05, 0.1) is 5.56 Å². The van der Waals surface area contributed by atoms with Gasteiger partial charge in [-0.3, -0.25) is 14.2 Å². The van der Waals surface area contributed by atoms with Crippen LogP contribution in [0.3, 0.4) is 0 Å². The number of carbonyl (C=O) groups excluding carboxylic acids is 1. The summed E-state index contributed by atoms with van der Waals surface area (Å²) in [5.74, 6) is 0.598. The number of aryl methyl sites for hydroxylation is 1. The molecule has 11 heavy (non-hydrogen) atoms. The molecule has 0 saturated carbocycles. The van der Waals surface area contributed by atoms with E-state index in [0.717, 1.165) is 0 Å². The molecule has 0 unspecified atom stereocenters. The molecule has 0 amide bonds. The molecule has 0 spiro atoms. The highest BCUT2D eigenvalue weighted by Gasteiger charge is 2.01. The first-order chi connectivity index (χ1) is 5.16. The van der Waals surface area contributed by atoms with Crippen LogP contribution in [0.1, 0.15) is 16.2 Å². The van der Waals surface area contributed by atoms with Gasteiger partial charge in [0.25, 0.3) is 5.56 Å². The predicted octanol–water partition coefficient (Wildman–Crippen LogP) is -0.0988. The van der Waals surface area contributed by atoms with Crippen LogP contribution < -0.4 is 5.56 Å². The van der Waals surface area contributed by atoms with E-state index < -0.39 is 0 Å². The van der Waals surface area contributed by atoms with Crippen molar-refractivity contribution in [3.63, 3.8) is 0 Å². The molecule has 0 radical (unpaired) electrons. The lowest BCUT2D eigenvalue weighted by atomic mass is 10.3. The fourth-order valence-electron chi connectivity index (χ4n) is 0.726. The Hall–Kier alpha value is -1.45. The Balaban J connectivity index is 3.49. The quantitative estimate of drug-likeness (QED) is 0.528. The third kappa shape index (κ3) is 1.19. The summed E-state index contributed by atoms with van der Waals surface area (Å²) in [5, 5.41) is 0. The van der Waals surface area contributed by atoms with Crippen LogP contribution in [0, 0.1) is 6.92 Å². The molecule has 58 valence electrons. The van der Waals surface area contributed by atoms with E-state index in [2.05, 4.69) is 4.98 Å². The fraction of sp³-hybridized carbons (Fsp3) is 0.286. The number of aldehydes is 1. The minimum absolute atomic E-state index is 0.0955. The van der Waals surface area contributed by atoms with E-state index in [4.69, 9.17) is 0 Å². The molecular formula is C7H8N2O2. The molecular weight excluding hydrogens is 144 g/mol. The summed E-state index contributed by atoms with van der Waals surface area (Å²) >= 11 is 0. The number of carbonyl (C=O) groups is 1. The van der Waals surface area contributed by atoms with Crippen LogP contribution in [0.15, 0.2) is 11.0 Å². The minimum atomic E-state index is -0.299. The van der Waals surface area contributed by atoms with Crippen molar-refractivity contribution in [2.24, 2.45) is 7.05 Å². The SMILES string of the molecule is Cc1ncc(C=O)c(=O)n1C. The van der Waals surface area contributed by atoms with Crippen molar-refractivity contribution >= 4 is 6.29 Å². The van der Waals surface area contributed by atoms with E-state index in [1.807, 2.05) is 0 Å². The van der Waals surface area contributed by atoms with Gasteiger partial charge in [0.2, 0.25) is 0 Å². The van der Waals surface area contributed by atoms with Crippen LogP contribution in [-0.4, -0.2) is 15.8 Å². The van der Waals surface area contributed by atoms with Gasteiger partial charge in [-0.2, -0.15) is 0 Å². The topological polar surface area (TPSA) is 52.0 Å². The molecule has 0 saturated heterocycles. The number of nitrogens with zero attached hydrogens (tertiary/aromatic N) is 2. The average molecular weight is 152 g/mol. The molecule has 0 aliphatic heterocycles. The number of hydrogen-bond donors (Lipinski definition) is 0. The van der Waals surface area contributed by atoms with Gasteiger partial charge in [0, 0.05) is 13.2 Å². The van der Waals surface area contributed by atoms with Crippen LogP contribution in [-0.2, 0) is 7.05 Å². The summed E-state index contributed by atoms with van der Waals surface area (Å²) in [4.78, 5) is 25.2. The van der Waals surface area contributed by atoms with Gasteiger partial charge >= 0.3 is 0 Å². The van der Waals surface area contributed by atoms with Gasteiger partial charge in [0.15, 0.2) is 6.29 Å². The lowest BCUT2D eigenvalue weighted by Crippen LogP contribution is -2.23. The Labute approximate surface area is 63.5 Å². The monoisotopic (exact) mass is 152 g/mol. The van der Waals surface area contributed by atoms with E-state index in [9.17, 15) is 9.59 Å². The summed E-state index contributed by atoms with van der Waals surface area (Å²) in [6.45, 7) is 1.70. The summed E-state index contributed by atoms with van der Waals surface area (Å²) in [7, 11) is 1.58. The zero-order chi connectivity index (χ0) is 8.43. The Morgan fingerprint density at radius 3 is 2.82 bits per heavy atom. The lowest BCUT2D eigenvalue weighted by Gasteiger charge is -2.00. The van der Waals surface area contributed by atoms with Crippen molar-refractivity contribution in [3.05, 3.63) is 27.9 Å². The van der Waals surface area contributed by atoms with E-state index in [0.29, 0.717) is 12.1 Å². The second-order valence-electron chi connectivity index (χ2n) is 2.24. The van der Waals surface area contributed by atoms with Gasteiger partial charge in [0.1, 0.15) is 5.82 Å². The fourth-order valence-corrected chi connectivity index (χ4v) is 0.726. The maximum absolute atomic E-state index is 11.1. The summed E-state index contributed by atoms with van der Waals surface area (Å²) < 4.78 is 1.34. The molecule has 1 aromatic rings. The van der Waals surface area contributed by atoms with Crippen molar-refractivity contribution in [3.8, 4) is 0 Å². The van der Waals surface area contributed by atoms with E-state index in [1.165, 1.54) is 10.8 Å². The van der Waals surface area contributed by atoms with Gasteiger partial charge in [-0.25, -0.2) is 4.98 Å². The molecule has 0 fully saturated rings. The Bertz CT molecular complexity index is 341. The Kier molecular flexibility index (Phi) is 1.85. The molecule has 4 heteroatoms. The highest BCUT2D eigenvalue weighted by molar-refractivity contribution is 5.73. The number of rotatable bonds is 1. The molecule has 0 aromatic carbocycles. The highest BCUT2D eigenvalue weighted by atomic mass is 16.1. The molecule has 1 heterocycles. The van der Waals surface area contributed by atoms with Crippen LogP contribution >= 0.6 is 0 Å². The Morgan fingerprint density at radius 1 is 1.64 bits per heavy atom. The minimum Gasteiger partial charge on any atom is -0.299 e. The third-order valence-corrected chi connectivity index (χ3v) is 1.55. The third-order valence-electron chi connectivity index (χ3n) is 1.55. The molecule has 4 nitrogen and oxygen atoms in total. The predicted molar refractivity (Wildman–Crippen MR) is 39.6 cm³/mol. The van der Waals surface area contributed by atoms with Gasteiger partial charge < -0.3 is 0 Å². The maximum atomic E-state index is 11.1. The second kappa shape index (κ2) is 2.65. The van der Waals surface area contributed by atoms with Crippen LogP contribution in [0.5, 0.6) is 0 Å². The normalized spacial score (nSPS) is 9.64. The van der Waals surface area contributed by atoms with E-state index in [1.54, 1.807) is 14.0 Å². The summed E-state index contributed by atoms with van der Waals surface area (Å²) in [6.07, 6.45) is 1.79. The number of hydrogen-bond acceptors (Lipinski definition) is 3. The van der Waals surface area contributed by atoms with Crippen molar-refractivity contribution in [1.82, 2.24) is 9.55 Å². The van der Waals surface area contributed by atoms with Crippen molar-refractivity contribution in [2.75, 3.05) is 0 Å². The van der Waals surface area contributed by atoms with Crippen molar-refractivity contribution in [1.29, 1.82) is 0 Å². The molecule has 0 bridgehead atoms. The van der Waals surface area contributed by atoms with Crippen molar-refractivity contribution in [2.45, 2.75) is 6.92 Å². The van der Waals surface area contributed by atoms with Crippen LogP contribution in [0.4, 0.5) is 0 Å². The molecule has 0 N–H and O–H groups in total. The molecule has 1 aromatic heterocycles.